The minimum Gasteiger partial charge on any atom is -0.493 e. The number of ether oxygens (including phenoxy) is 2. The first-order valence-electron chi connectivity index (χ1n) is 6.99. The first-order chi connectivity index (χ1) is 9.52. The molecular weight excluding hydrogens is 258 g/mol. The Balaban J connectivity index is 2.31. The number of carbonyl (C=O) groups is 1. The van der Waals surface area contributed by atoms with Crippen LogP contribution >= 0.6 is 0 Å². The van der Waals surface area contributed by atoms with E-state index in [1.165, 1.54) is 0 Å². The van der Waals surface area contributed by atoms with Gasteiger partial charge >= 0.3 is 0 Å². The van der Waals surface area contributed by atoms with Gasteiger partial charge in [-0.2, -0.15) is 5.10 Å². The lowest BCUT2D eigenvalue weighted by Crippen LogP contribution is -2.54. The van der Waals surface area contributed by atoms with E-state index in [2.05, 4.69) is 10.00 Å². The molecule has 0 aromatic carbocycles. The predicted octanol–water partition coefficient (Wildman–Crippen LogP) is 1.21. The van der Waals surface area contributed by atoms with Crippen molar-refractivity contribution in [3.05, 3.63) is 11.9 Å². The fourth-order valence-electron chi connectivity index (χ4n) is 2.54. The fraction of sp³-hybridized carbons (Fsp3) is 0.714. The van der Waals surface area contributed by atoms with Crippen molar-refractivity contribution in [2.45, 2.75) is 32.9 Å². The number of nitrogens with zero attached hydrogens (tertiary/aromatic N) is 3. The Morgan fingerprint density at radius 1 is 1.45 bits per heavy atom. The molecule has 0 unspecified atom stereocenters. The van der Waals surface area contributed by atoms with Crippen molar-refractivity contribution >= 4 is 5.78 Å². The van der Waals surface area contributed by atoms with E-state index in [1.54, 1.807) is 18.0 Å². The maximum atomic E-state index is 13.0. The van der Waals surface area contributed by atoms with Gasteiger partial charge in [0.2, 0.25) is 5.78 Å². The molecule has 1 aliphatic heterocycles. The second-order valence-corrected chi connectivity index (χ2v) is 5.36. The number of ketones is 1. The molecule has 2 rings (SSSR count). The van der Waals surface area contributed by atoms with Gasteiger partial charge < -0.3 is 9.47 Å². The van der Waals surface area contributed by atoms with Gasteiger partial charge in [-0.3, -0.25) is 14.4 Å². The quantitative estimate of drug-likeness (QED) is 0.759. The molecule has 0 saturated carbocycles. The average Bonchev–Trinajstić information content (AvgIpc) is 2.90. The maximum absolute atomic E-state index is 13.0. The topological polar surface area (TPSA) is 56.6 Å². The molecule has 0 radical (unpaired) electrons. The van der Waals surface area contributed by atoms with Crippen LogP contribution in [0.5, 0.6) is 5.75 Å². The van der Waals surface area contributed by atoms with Gasteiger partial charge in [0.25, 0.3) is 0 Å². The minimum atomic E-state index is -0.593. The highest BCUT2D eigenvalue weighted by molar-refractivity contribution is 6.03. The molecule has 1 fully saturated rings. The molecule has 0 spiro atoms. The first kappa shape index (κ1) is 15.0. The molecule has 6 heteroatoms. The molecule has 6 nitrogen and oxygen atoms in total. The molecule has 0 N–H and O–H groups in total. The normalized spacial score (nSPS) is 17.2. The van der Waals surface area contributed by atoms with Crippen LogP contribution in [0.25, 0.3) is 0 Å². The number of carbonyl (C=O) groups excluding carboxylic acids is 1. The molecule has 0 amide bonds. The highest BCUT2D eigenvalue weighted by atomic mass is 16.5. The monoisotopic (exact) mass is 281 g/mol. The zero-order valence-corrected chi connectivity index (χ0v) is 12.7. The van der Waals surface area contributed by atoms with Crippen LogP contribution in [0.1, 0.15) is 31.3 Å². The van der Waals surface area contributed by atoms with Gasteiger partial charge in [0.05, 0.1) is 32.1 Å². The number of Topliss-reactive ketones (excluding diaryl/α,β-unsaturated/α-hetero) is 1. The van der Waals surface area contributed by atoms with Crippen LogP contribution in [0.4, 0.5) is 0 Å². The first-order valence-corrected chi connectivity index (χ1v) is 6.99. The van der Waals surface area contributed by atoms with Crippen LogP contribution in [0, 0.1) is 0 Å². The molecule has 1 aromatic heterocycles. The molecule has 2 heterocycles. The summed E-state index contributed by atoms with van der Waals surface area (Å²) in [5.74, 6) is 0.578. The number of rotatable bonds is 5. The zero-order chi connectivity index (χ0) is 14.8. The van der Waals surface area contributed by atoms with Crippen LogP contribution in [-0.4, -0.2) is 59.4 Å². The lowest BCUT2D eigenvalue weighted by molar-refractivity contribution is -0.00474. The van der Waals surface area contributed by atoms with Gasteiger partial charge in [0, 0.05) is 19.6 Å². The van der Waals surface area contributed by atoms with Crippen molar-refractivity contribution in [3.8, 4) is 5.75 Å². The SMILES string of the molecule is CCn1ncc(OC)c1C(=O)C(C)(C)N1CCOCC1. The van der Waals surface area contributed by atoms with E-state index >= 15 is 0 Å². The lowest BCUT2D eigenvalue weighted by Gasteiger charge is -2.39. The smallest absolute Gasteiger partial charge is 0.204 e. The van der Waals surface area contributed by atoms with Crippen LogP contribution in [0.3, 0.4) is 0 Å². The molecular formula is C14H23N3O3. The van der Waals surface area contributed by atoms with Crippen molar-refractivity contribution in [3.63, 3.8) is 0 Å². The Morgan fingerprint density at radius 2 is 2.10 bits per heavy atom. The van der Waals surface area contributed by atoms with E-state index in [-0.39, 0.29) is 5.78 Å². The molecule has 0 aliphatic carbocycles. The number of hydrogen-bond acceptors (Lipinski definition) is 5. The van der Waals surface area contributed by atoms with Gasteiger partial charge in [-0.05, 0) is 20.8 Å². The summed E-state index contributed by atoms with van der Waals surface area (Å²) in [5.41, 5.74) is -0.0456. The van der Waals surface area contributed by atoms with Crippen molar-refractivity contribution < 1.29 is 14.3 Å². The molecule has 0 atom stereocenters. The number of methoxy groups -OCH3 is 1. The third-order valence-corrected chi connectivity index (χ3v) is 3.90. The second kappa shape index (κ2) is 5.93. The molecule has 112 valence electrons. The average molecular weight is 281 g/mol. The van der Waals surface area contributed by atoms with Crippen molar-refractivity contribution in [2.24, 2.45) is 0 Å². The minimum absolute atomic E-state index is 0.0376. The number of aryl methyl sites for hydroxylation is 1. The van der Waals surface area contributed by atoms with Crippen LogP contribution in [0.2, 0.25) is 0 Å². The van der Waals surface area contributed by atoms with E-state index < -0.39 is 5.54 Å². The van der Waals surface area contributed by atoms with E-state index in [0.29, 0.717) is 31.2 Å². The molecule has 1 saturated heterocycles. The van der Waals surface area contributed by atoms with Gasteiger partial charge in [0.15, 0.2) is 5.75 Å². The summed E-state index contributed by atoms with van der Waals surface area (Å²) in [7, 11) is 1.57. The Kier molecular flexibility index (Phi) is 4.45. The number of hydrogen-bond donors (Lipinski definition) is 0. The van der Waals surface area contributed by atoms with Gasteiger partial charge in [-0.1, -0.05) is 0 Å². The van der Waals surface area contributed by atoms with Crippen LogP contribution in [0.15, 0.2) is 6.20 Å². The van der Waals surface area contributed by atoms with E-state index in [9.17, 15) is 4.79 Å². The Morgan fingerprint density at radius 3 is 2.65 bits per heavy atom. The predicted molar refractivity (Wildman–Crippen MR) is 75.3 cm³/mol. The lowest BCUT2D eigenvalue weighted by atomic mass is 9.93. The molecule has 20 heavy (non-hydrogen) atoms. The number of morpholine rings is 1. The Hall–Kier alpha value is -1.40. The number of aromatic nitrogens is 2. The van der Waals surface area contributed by atoms with Crippen molar-refractivity contribution in [1.82, 2.24) is 14.7 Å². The highest BCUT2D eigenvalue weighted by Crippen LogP contribution is 2.27. The third-order valence-electron chi connectivity index (χ3n) is 3.90. The second-order valence-electron chi connectivity index (χ2n) is 5.36. The van der Waals surface area contributed by atoms with Crippen molar-refractivity contribution in [1.29, 1.82) is 0 Å². The zero-order valence-electron chi connectivity index (χ0n) is 12.7. The van der Waals surface area contributed by atoms with Gasteiger partial charge in [0.1, 0.15) is 5.69 Å². The van der Waals surface area contributed by atoms with Gasteiger partial charge in [-0.15, -0.1) is 0 Å². The van der Waals surface area contributed by atoms with Gasteiger partial charge in [-0.25, -0.2) is 0 Å². The van der Waals surface area contributed by atoms with Crippen LogP contribution in [-0.2, 0) is 11.3 Å². The largest absolute Gasteiger partial charge is 0.493 e. The molecule has 1 aromatic rings. The summed E-state index contributed by atoms with van der Waals surface area (Å²) in [6.45, 7) is 9.37. The van der Waals surface area contributed by atoms with E-state index in [1.807, 2.05) is 20.8 Å². The van der Waals surface area contributed by atoms with E-state index in [0.717, 1.165) is 13.1 Å². The summed E-state index contributed by atoms with van der Waals surface area (Å²) >= 11 is 0. The maximum Gasteiger partial charge on any atom is 0.204 e. The fourth-order valence-corrected chi connectivity index (χ4v) is 2.54. The summed E-state index contributed by atoms with van der Waals surface area (Å²) < 4.78 is 12.3. The Bertz CT molecular complexity index is 455. The summed E-state index contributed by atoms with van der Waals surface area (Å²) in [6, 6.07) is 0. The molecule has 1 aliphatic rings. The highest BCUT2D eigenvalue weighted by Gasteiger charge is 2.39. The van der Waals surface area contributed by atoms with E-state index in [4.69, 9.17) is 9.47 Å². The molecule has 0 bridgehead atoms. The summed E-state index contributed by atoms with van der Waals surface area (Å²) in [5, 5.41) is 4.21. The van der Waals surface area contributed by atoms with Crippen LogP contribution < -0.4 is 4.74 Å². The standard InChI is InChI=1S/C14H23N3O3/c1-5-17-12(11(19-4)10-15-17)13(18)14(2,3)16-6-8-20-9-7-16/h10H,5-9H2,1-4H3. The third kappa shape index (κ3) is 2.58. The van der Waals surface area contributed by atoms with Crippen molar-refractivity contribution in [2.75, 3.05) is 33.4 Å². The Labute approximate surface area is 119 Å². The summed E-state index contributed by atoms with van der Waals surface area (Å²) in [4.78, 5) is 15.1. The summed E-state index contributed by atoms with van der Waals surface area (Å²) in [6.07, 6.45) is 1.60.